The van der Waals surface area contributed by atoms with E-state index >= 15 is 0 Å². The number of amides is 1. The first-order valence-corrected chi connectivity index (χ1v) is 12.0. The van der Waals surface area contributed by atoms with Crippen LogP contribution in [0.3, 0.4) is 0 Å². The molecule has 1 amide bonds. The van der Waals surface area contributed by atoms with Crippen molar-refractivity contribution in [3.63, 3.8) is 0 Å². The van der Waals surface area contributed by atoms with Crippen molar-refractivity contribution < 1.29 is 18.3 Å². The smallest absolute Gasteiger partial charge is 0.407 e. The predicted octanol–water partition coefficient (Wildman–Crippen LogP) is 7.25. The third-order valence-electron chi connectivity index (χ3n) is 6.04. The van der Waals surface area contributed by atoms with Crippen molar-refractivity contribution in [3.05, 3.63) is 34.9 Å². The molecule has 0 aromatic heterocycles. The molecule has 1 fully saturated rings. The Morgan fingerprint density at radius 2 is 1.43 bits per heavy atom. The number of hydrogen-bond donors (Lipinski definition) is 1. The summed E-state index contributed by atoms with van der Waals surface area (Å²) >= 11 is 0. The first-order valence-electron chi connectivity index (χ1n) is 12.0. The van der Waals surface area contributed by atoms with Crippen LogP contribution >= 0.6 is 0 Å². The summed E-state index contributed by atoms with van der Waals surface area (Å²) in [5.74, 6) is -1.46. The second-order valence-electron chi connectivity index (χ2n) is 8.60. The molecule has 1 aromatic rings. The second-order valence-corrected chi connectivity index (χ2v) is 8.60. The molecule has 170 valence electrons. The molecule has 0 unspecified atom stereocenters. The monoisotopic (exact) mass is 423 g/mol. The van der Waals surface area contributed by atoms with Gasteiger partial charge in [0.25, 0.3) is 0 Å². The topological polar surface area (TPSA) is 38.3 Å². The molecule has 1 N–H and O–H groups in total. The first-order chi connectivity index (χ1) is 14.6. The molecule has 1 aliphatic carbocycles. The Morgan fingerprint density at radius 3 is 2.03 bits per heavy atom. The number of unbranched alkanes of at least 4 members (excludes halogenated alkanes) is 7. The zero-order chi connectivity index (χ0) is 21.6. The van der Waals surface area contributed by atoms with E-state index in [4.69, 9.17) is 4.74 Å². The van der Waals surface area contributed by atoms with Gasteiger partial charge >= 0.3 is 6.09 Å². The van der Waals surface area contributed by atoms with E-state index in [0.717, 1.165) is 38.5 Å². The number of nitrogens with one attached hydrogen (secondary N) is 1. The van der Waals surface area contributed by atoms with Gasteiger partial charge in [0.15, 0.2) is 11.6 Å². The summed E-state index contributed by atoms with van der Waals surface area (Å²) in [6, 6.07) is 3.61. The number of ether oxygens (including phenoxy) is 1. The lowest BCUT2D eigenvalue weighted by Crippen LogP contribution is -2.33. The minimum Gasteiger partial charge on any atom is -0.450 e. The van der Waals surface area contributed by atoms with E-state index in [1.165, 1.54) is 38.5 Å². The van der Waals surface area contributed by atoms with Crippen molar-refractivity contribution in [1.29, 1.82) is 0 Å². The van der Waals surface area contributed by atoms with E-state index in [1.54, 1.807) is 12.1 Å². The summed E-state index contributed by atoms with van der Waals surface area (Å²) in [5.41, 5.74) is 0.821. The molecule has 2 rings (SSSR count). The maximum absolute atomic E-state index is 14.4. The van der Waals surface area contributed by atoms with Gasteiger partial charge in [-0.2, -0.15) is 0 Å². The maximum atomic E-state index is 14.4. The number of hydrogen-bond acceptors (Lipinski definition) is 2. The van der Waals surface area contributed by atoms with Gasteiger partial charge in [0.05, 0.1) is 6.61 Å². The molecule has 0 radical (unpaired) electrons. The summed E-state index contributed by atoms with van der Waals surface area (Å²) in [6.45, 7) is 2.42. The zero-order valence-corrected chi connectivity index (χ0v) is 18.6. The first kappa shape index (κ1) is 24.6. The molecule has 1 aliphatic rings. The largest absolute Gasteiger partial charge is 0.450 e. The van der Waals surface area contributed by atoms with Crippen molar-refractivity contribution in [2.45, 2.75) is 109 Å². The van der Waals surface area contributed by atoms with Crippen LogP contribution in [0, 0.1) is 11.6 Å². The number of carbonyl (C=O) groups excluding carboxylic acids is 1. The van der Waals surface area contributed by atoms with Gasteiger partial charge in [-0.15, -0.1) is 0 Å². The number of rotatable bonds is 14. The molecule has 5 heteroatoms. The van der Waals surface area contributed by atoms with Crippen molar-refractivity contribution in [2.75, 3.05) is 6.61 Å². The molecule has 0 bridgehead atoms. The van der Waals surface area contributed by atoms with Crippen LogP contribution < -0.4 is 5.32 Å². The van der Waals surface area contributed by atoms with Gasteiger partial charge in [0.2, 0.25) is 0 Å². The second kappa shape index (κ2) is 14.4. The quantitative estimate of drug-likeness (QED) is 0.320. The molecule has 3 nitrogen and oxygen atoms in total. The normalized spacial score (nSPS) is 14.2. The van der Waals surface area contributed by atoms with Gasteiger partial charge in [-0.05, 0) is 49.7 Å². The van der Waals surface area contributed by atoms with Crippen molar-refractivity contribution in [2.24, 2.45) is 0 Å². The highest BCUT2D eigenvalue weighted by atomic mass is 19.2. The Labute approximate surface area is 181 Å². The molecule has 0 aliphatic heterocycles. The summed E-state index contributed by atoms with van der Waals surface area (Å²) in [5, 5.41) is 2.85. The van der Waals surface area contributed by atoms with E-state index < -0.39 is 17.7 Å². The summed E-state index contributed by atoms with van der Waals surface area (Å²) in [6.07, 6.45) is 14.8. The van der Waals surface area contributed by atoms with Crippen LogP contribution in [0.1, 0.15) is 102 Å². The SMILES string of the molecule is CCCCCCCCCCc1ccc(CCCOC(=O)NC2CCCC2)c(F)c1F. The highest BCUT2D eigenvalue weighted by Gasteiger charge is 2.18. The van der Waals surface area contributed by atoms with Crippen molar-refractivity contribution >= 4 is 6.09 Å². The third-order valence-corrected chi connectivity index (χ3v) is 6.04. The molecule has 0 saturated heterocycles. The van der Waals surface area contributed by atoms with Crippen LogP contribution in [0.4, 0.5) is 13.6 Å². The molecular formula is C25H39F2NO2. The van der Waals surface area contributed by atoms with Crippen LogP contribution in [0.5, 0.6) is 0 Å². The zero-order valence-electron chi connectivity index (χ0n) is 18.6. The highest BCUT2D eigenvalue weighted by Crippen LogP contribution is 2.21. The number of alkyl carbamates (subject to hydrolysis) is 1. The Morgan fingerprint density at radius 1 is 0.900 bits per heavy atom. The van der Waals surface area contributed by atoms with Crippen LogP contribution in [-0.2, 0) is 17.6 Å². The minimum atomic E-state index is -0.748. The summed E-state index contributed by atoms with van der Waals surface area (Å²) in [7, 11) is 0. The fourth-order valence-corrected chi connectivity index (χ4v) is 4.17. The highest BCUT2D eigenvalue weighted by molar-refractivity contribution is 5.67. The van der Waals surface area contributed by atoms with Gasteiger partial charge in [0.1, 0.15) is 0 Å². The van der Waals surface area contributed by atoms with Gasteiger partial charge in [-0.1, -0.05) is 76.8 Å². The molecule has 1 aromatic carbocycles. The van der Waals surface area contributed by atoms with Crippen LogP contribution in [0.2, 0.25) is 0 Å². The predicted molar refractivity (Wildman–Crippen MR) is 118 cm³/mol. The average molecular weight is 424 g/mol. The fraction of sp³-hybridized carbons (Fsp3) is 0.720. The fourth-order valence-electron chi connectivity index (χ4n) is 4.17. The lowest BCUT2D eigenvalue weighted by atomic mass is 10.0. The van der Waals surface area contributed by atoms with E-state index in [2.05, 4.69) is 12.2 Å². The van der Waals surface area contributed by atoms with Crippen molar-refractivity contribution in [1.82, 2.24) is 5.32 Å². The van der Waals surface area contributed by atoms with E-state index in [1.807, 2.05) is 0 Å². The molecule has 1 saturated carbocycles. The number of carbonyl (C=O) groups is 1. The van der Waals surface area contributed by atoms with Gasteiger partial charge in [-0.3, -0.25) is 0 Å². The number of halogens is 2. The Balaban J connectivity index is 1.62. The molecule has 0 heterocycles. The van der Waals surface area contributed by atoms with Crippen molar-refractivity contribution in [3.8, 4) is 0 Å². The molecule has 0 atom stereocenters. The Kier molecular flexibility index (Phi) is 11.8. The van der Waals surface area contributed by atoms with Crippen LogP contribution in [0.15, 0.2) is 12.1 Å². The Bertz CT molecular complexity index is 630. The number of aryl methyl sites for hydroxylation is 2. The van der Waals surface area contributed by atoms with E-state index in [0.29, 0.717) is 30.4 Å². The molecule has 0 spiro atoms. The summed E-state index contributed by atoms with van der Waals surface area (Å²) < 4.78 is 33.9. The summed E-state index contributed by atoms with van der Waals surface area (Å²) in [4.78, 5) is 11.7. The third kappa shape index (κ3) is 9.01. The van der Waals surface area contributed by atoms with Gasteiger partial charge in [0, 0.05) is 6.04 Å². The number of benzene rings is 1. The standard InChI is InChI=1S/C25H39F2NO2/c1-2-3-4-5-6-7-8-9-13-20-17-18-21(24(27)23(20)26)14-12-19-30-25(29)28-22-15-10-11-16-22/h17-18,22H,2-16,19H2,1H3,(H,28,29). The lowest BCUT2D eigenvalue weighted by Gasteiger charge is -2.12. The van der Waals surface area contributed by atoms with Crippen LogP contribution in [-0.4, -0.2) is 18.7 Å². The van der Waals surface area contributed by atoms with E-state index in [9.17, 15) is 13.6 Å². The lowest BCUT2D eigenvalue weighted by molar-refractivity contribution is 0.141. The van der Waals surface area contributed by atoms with Gasteiger partial charge < -0.3 is 10.1 Å². The average Bonchev–Trinajstić information content (AvgIpc) is 3.24. The molecular weight excluding hydrogens is 384 g/mol. The van der Waals surface area contributed by atoms with Gasteiger partial charge in [-0.25, -0.2) is 13.6 Å². The maximum Gasteiger partial charge on any atom is 0.407 e. The van der Waals surface area contributed by atoms with E-state index in [-0.39, 0.29) is 12.6 Å². The Hall–Kier alpha value is -1.65. The van der Waals surface area contributed by atoms with Crippen LogP contribution in [0.25, 0.3) is 0 Å². The minimum absolute atomic E-state index is 0.208. The molecule has 30 heavy (non-hydrogen) atoms.